The van der Waals surface area contributed by atoms with Crippen molar-refractivity contribution in [1.29, 1.82) is 0 Å². The van der Waals surface area contributed by atoms with Crippen LogP contribution in [-0.4, -0.2) is 41.3 Å². The van der Waals surface area contributed by atoms with E-state index >= 15 is 0 Å². The fourth-order valence-corrected chi connectivity index (χ4v) is 7.10. The molecule has 37 heavy (non-hydrogen) atoms. The second kappa shape index (κ2) is 10.2. The van der Waals surface area contributed by atoms with E-state index in [1.54, 1.807) is 35.9 Å². The number of aromatic amines is 1. The first kappa shape index (κ1) is 24.1. The highest BCUT2D eigenvalue weighted by Crippen LogP contribution is 2.53. The van der Waals surface area contributed by atoms with Crippen molar-refractivity contribution in [3.8, 4) is 11.1 Å². The molecule has 2 aromatic heterocycles. The molecule has 4 heterocycles. The SMILES string of the molecule is Cc1cc(C(C)Nc2ccc3c(c2)Sc2cccc(-c4c[nH]c(=O)cc4N4CCOCC4)c2S3)ncn1. The molecule has 9 heteroatoms. The molecular weight excluding hydrogens is 502 g/mol. The molecule has 2 aromatic carbocycles. The van der Waals surface area contributed by atoms with Crippen LogP contribution in [0.4, 0.5) is 11.4 Å². The van der Waals surface area contributed by atoms with Gasteiger partial charge in [0.2, 0.25) is 5.56 Å². The van der Waals surface area contributed by atoms with Gasteiger partial charge in [0, 0.05) is 67.4 Å². The number of nitrogens with one attached hydrogen (secondary N) is 2. The van der Waals surface area contributed by atoms with Crippen LogP contribution in [0.15, 0.2) is 85.4 Å². The van der Waals surface area contributed by atoms with Gasteiger partial charge in [-0.3, -0.25) is 4.79 Å². The molecule has 4 aromatic rings. The summed E-state index contributed by atoms with van der Waals surface area (Å²) < 4.78 is 5.54. The molecule has 0 saturated carbocycles. The molecule has 188 valence electrons. The minimum atomic E-state index is -0.0891. The third-order valence-electron chi connectivity index (χ3n) is 6.55. The predicted octanol–water partition coefficient (Wildman–Crippen LogP) is 5.77. The Hall–Kier alpha value is -3.27. The molecule has 0 spiro atoms. The molecule has 0 amide bonds. The number of ether oxygens (including phenoxy) is 1. The highest BCUT2D eigenvalue weighted by Gasteiger charge is 2.24. The summed E-state index contributed by atoms with van der Waals surface area (Å²) in [6.45, 7) is 6.98. The molecule has 2 N–H and O–H groups in total. The average molecular weight is 530 g/mol. The highest BCUT2D eigenvalue weighted by molar-refractivity contribution is 8.05. The van der Waals surface area contributed by atoms with E-state index in [2.05, 4.69) is 68.5 Å². The zero-order valence-corrected chi connectivity index (χ0v) is 22.3. The summed E-state index contributed by atoms with van der Waals surface area (Å²) in [4.78, 5) is 30.9. The maximum atomic E-state index is 12.2. The van der Waals surface area contributed by atoms with Crippen LogP contribution in [0.2, 0.25) is 0 Å². The van der Waals surface area contributed by atoms with Crippen molar-refractivity contribution in [3.63, 3.8) is 0 Å². The number of anilines is 2. The van der Waals surface area contributed by atoms with Gasteiger partial charge >= 0.3 is 0 Å². The van der Waals surface area contributed by atoms with Crippen molar-refractivity contribution >= 4 is 34.9 Å². The van der Waals surface area contributed by atoms with Crippen molar-refractivity contribution in [3.05, 3.63) is 82.8 Å². The van der Waals surface area contributed by atoms with Gasteiger partial charge in [0.1, 0.15) is 6.33 Å². The number of benzene rings is 2. The van der Waals surface area contributed by atoms with Crippen LogP contribution in [0, 0.1) is 6.92 Å². The Morgan fingerprint density at radius 3 is 2.70 bits per heavy atom. The first-order valence-corrected chi connectivity index (χ1v) is 13.9. The van der Waals surface area contributed by atoms with Crippen molar-refractivity contribution in [2.24, 2.45) is 0 Å². The zero-order valence-electron chi connectivity index (χ0n) is 20.7. The van der Waals surface area contributed by atoms with Gasteiger partial charge in [-0.2, -0.15) is 0 Å². The van der Waals surface area contributed by atoms with Gasteiger partial charge in [0.15, 0.2) is 0 Å². The number of rotatable bonds is 5. The monoisotopic (exact) mass is 529 g/mol. The van der Waals surface area contributed by atoms with Crippen molar-refractivity contribution in [1.82, 2.24) is 15.0 Å². The number of nitrogens with zero attached hydrogens (tertiary/aromatic N) is 3. The van der Waals surface area contributed by atoms with Gasteiger partial charge in [-0.15, -0.1) is 0 Å². The van der Waals surface area contributed by atoms with Gasteiger partial charge in [-0.1, -0.05) is 35.7 Å². The molecule has 0 radical (unpaired) electrons. The quantitative estimate of drug-likeness (QED) is 0.297. The minimum Gasteiger partial charge on any atom is -0.378 e. The average Bonchev–Trinajstić information content (AvgIpc) is 2.92. The van der Waals surface area contributed by atoms with Crippen LogP contribution in [0.25, 0.3) is 11.1 Å². The van der Waals surface area contributed by atoms with E-state index in [9.17, 15) is 4.79 Å². The summed E-state index contributed by atoms with van der Waals surface area (Å²) in [5.41, 5.74) is 6.04. The van der Waals surface area contributed by atoms with E-state index in [1.165, 1.54) is 19.6 Å². The highest BCUT2D eigenvalue weighted by atomic mass is 32.2. The molecule has 1 saturated heterocycles. The van der Waals surface area contributed by atoms with Gasteiger partial charge in [0.05, 0.1) is 30.6 Å². The summed E-state index contributed by atoms with van der Waals surface area (Å²) in [5, 5.41) is 3.58. The maximum absolute atomic E-state index is 12.2. The van der Waals surface area contributed by atoms with Gasteiger partial charge in [-0.05, 0) is 44.2 Å². The van der Waals surface area contributed by atoms with Crippen molar-refractivity contribution < 1.29 is 4.74 Å². The molecule has 2 aliphatic rings. The van der Waals surface area contributed by atoms with Crippen molar-refractivity contribution in [2.45, 2.75) is 39.5 Å². The van der Waals surface area contributed by atoms with Crippen LogP contribution in [0.5, 0.6) is 0 Å². The maximum Gasteiger partial charge on any atom is 0.250 e. The first-order chi connectivity index (χ1) is 18.0. The van der Waals surface area contributed by atoms with Gasteiger partial charge in [-0.25, -0.2) is 9.97 Å². The molecule has 0 aliphatic carbocycles. The van der Waals surface area contributed by atoms with Crippen molar-refractivity contribution in [2.75, 3.05) is 36.5 Å². The number of aryl methyl sites for hydroxylation is 1. The number of hydrogen-bond donors (Lipinski definition) is 2. The lowest BCUT2D eigenvalue weighted by Crippen LogP contribution is -2.37. The lowest BCUT2D eigenvalue weighted by molar-refractivity contribution is 0.122. The Bertz CT molecular complexity index is 1520. The number of fused-ring (bicyclic) bond motifs is 2. The van der Waals surface area contributed by atoms with Crippen LogP contribution >= 0.6 is 23.5 Å². The normalized spacial score (nSPS) is 15.6. The summed E-state index contributed by atoms with van der Waals surface area (Å²) in [6, 6.07) is 16.7. The van der Waals surface area contributed by atoms with Crippen LogP contribution in [-0.2, 0) is 4.74 Å². The number of aromatic nitrogens is 3. The number of morpholine rings is 1. The van der Waals surface area contributed by atoms with Gasteiger partial charge in [0.25, 0.3) is 0 Å². The van der Waals surface area contributed by atoms with Crippen LogP contribution in [0.3, 0.4) is 0 Å². The Kier molecular flexibility index (Phi) is 6.67. The van der Waals surface area contributed by atoms with Crippen LogP contribution in [0.1, 0.15) is 24.4 Å². The smallest absolute Gasteiger partial charge is 0.250 e. The second-order valence-corrected chi connectivity index (χ2v) is 11.3. The van der Waals surface area contributed by atoms with E-state index in [1.807, 2.05) is 19.2 Å². The Morgan fingerprint density at radius 2 is 1.86 bits per heavy atom. The molecule has 1 atom stereocenters. The number of pyridine rings is 1. The minimum absolute atomic E-state index is 0.0683. The summed E-state index contributed by atoms with van der Waals surface area (Å²) in [7, 11) is 0. The molecule has 2 aliphatic heterocycles. The molecule has 1 fully saturated rings. The lowest BCUT2D eigenvalue weighted by Gasteiger charge is -2.31. The van der Waals surface area contributed by atoms with Crippen LogP contribution < -0.4 is 15.8 Å². The van der Waals surface area contributed by atoms with E-state index < -0.39 is 0 Å². The Labute approximate surface area is 224 Å². The summed E-state index contributed by atoms with van der Waals surface area (Å²) >= 11 is 3.57. The lowest BCUT2D eigenvalue weighted by atomic mass is 10.0. The molecule has 0 bridgehead atoms. The zero-order chi connectivity index (χ0) is 25.4. The van der Waals surface area contributed by atoms with E-state index in [0.29, 0.717) is 13.2 Å². The molecule has 6 rings (SSSR count). The molecular formula is C28H27N5O2S2. The van der Waals surface area contributed by atoms with E-state index in [0.717, 1.165) is 47.0 Å². The van der Waals surface area contributed by atoms with E-state index in [-0.39, 0.29) is 11.6 Å². The fraction of sp³-hybridized carbons (Fsp3) is 0.250. The standard InChI is InChI=1S/C28H27N5O2S2/c1-17-12-22(31-16-30-17)18(2)32-19-6-7-24-26(13-19)36-25-5-3-4-20(28(25)37-24)21-15-29-27(34)14-23(21)33-8-10-35-11-9-33/h3-7,12-16,18,32H,8-11H2,1-2H3,(H,29,34). The number of H-pyrrole nitrogens is 1. The molecule has 7 nitrogen and oxygen atoms in total. The Morgan fingerprint density at radius 1 is 1.00 bits per heavy atom. The largest absolute Gasteiger partial charge is 0.378 e. The molecule has 1 unspecified atom stereocenters. The third kappa shape index (κ3) is 4.99. The Balaban J connectivity index is 1.30. The number of hydrogen-bond acceptors (Lipinski definition) is 8. The third-order valence-corrected chi connectivity index (χ3v) is 9.15. The summed E-state index contributed by atoms with van der Waals surface area (Å²) in [6.07, 6.45) is 3.47. The summed E-state index contributed by atoms with van der Waals surface area (Å²) in [5.74, 6) is 0. The fourth-order valence-electron chi connectivity index (χ4n) is 4.68. The topological polar surface area (TPSA) is 83.1 Å². The van der Waals surface area contributed by atoms with Gasteiger partial charge < -0.3 is 19.9 Å². The predicted molar refractivity (Wildman–Crippen MR) is 149 cm³/mol. The second-order valence-electron chi connectivity index (χ2n) is 9.14. The van der Waals surface area contributed by atoms with E-state index in [4.69, 9.17) is 4.74 Å². The first-order valence-electron chi connectivity index (χ1n) is 12.3.